The van der Waals surface area contributed by atoms with Crippen LogP contribution in [0.4, 0.5) is 0 Å². The molecule has 0 aliphatic heterocycles. The summed E-state index contributed by atoms with van der Waals surface area (Å²) in [7, 11) is -3.25. The van der Waals surface area contributed by atoms with Gasteiger partial charge >= 0.3 is 0 Å². The van der Waals surface area contributed by atoms with Crippen LogP contribution < -0.4 is 5.32 Å². The molecule has 0 radical (unpaired) electrons. The number of halogens is 1. The maximum atomic E-state index is 11.8. The number of hydrogen-bond donors (Lipinski definition) is 1. The molecule has 5 heteroatoms. The van der Waals surface area contributed by atoms with Crippen LogP contribution >= 0.6 is 11.6 Å². The first kappa shape index (κ1) is 14.8. The van der Waals surface area contributed by atoms with Crippen molar-refractivity contribution in [1.29, 1.82) is 0 Å². The maximum absolute atomic E-state index is 11.8. The van der Waals surface area contributed by atoms with Crippen LogP contribution in [0.15, 0.2) is 23.1 Å². The highest BCUT2D eigenvalue weighted by Crippen LogP contribution is 2.39. The average molecular weight is 302 g/mol. The summed E-state index contributed by atoms with van der Waals surface area (Å²) in [5.41, 5.74) is 0.689. The average Bonchev–Trinajstić information content (AvgIpc) is 3.09. The molecule has 0 spiro atoms. The molecule has 1 aliphatic carbocycles. The Morgan fingerprint density at radius 3 is 2.53 bits per heavy atom. The van der Waals surface area contributed by atoms with E-state index in [-0.39, 0.29) is 5.54 Å². The molecule has 1 saturated carbocycles. The van der Waals surface area contributed by atoms with Crippen molar-refractivity contribution in [2.45, 2.75) is 43.7 Å². The standard InChI is InChI=1S/C14H20ClNO2S/c1-14(2,10-7-8-10)16-9-11-12(15)5-4-6-13(11)19(3,17)18/h4-6,10,16H,7-9H2,1-3H3. The van der Waals surface area contributed by atoms with Crippen LogP contribution in [0.2, 0.25) is 5.02 Å². The second-order valence-corrected chi connectivity index (χ2v) is 8.23. The molecular weight excluding hydrogens is 282 g/mol. The summed E-state index contributed by atoms with van der Waals surface area (Å²) in [4.78, 5) is 0.319. The molecule has 1 aromatic rings. The zero-order chi connectivity index (χ0) is 14.3. The molecule has 0 amide bonds. The first-order chi connectivity index (χ1) is 8.72. The molecule has 106 valence electrons. The van der Waals surface area contributed by atoms with Crippen molar-refractivity contribution >= 4 is 21.4 Å². The van der Waals surface area contributed by atoms with E-state index in [4.69, 9.17) is 11.6 Å². The summed E-state index contributed by atoms with van der Waals surface area (Å²) in [6.07, 6.45) is 3.69. The van der Waals surface area contributed by atoms with Crippen molar-refractivity contribution in [3.63, 3.8) is 0 Å². The van der Waals surface area contributed by atoms with Gasteiger partial charge in [0.25, 0.3) is 0 Å². The van der Waals surface area contributed by atoms with Gasteiger partial charge in [0.1, 0.15) is 0 Å². The highest BCUT2D eigenvalue weighted by atomic mass is 35.5. The van der Waals surface area contributed by atoms with E-state index in [1.54, 1.807) is 18.2 Å². The van der Waals surface area contributed by atoms with Gasteiger partial charge in [0.15, 0.2) is 9.84 Å². The minimum atomic E-state index is -3.25. The third-order valence-electron chi connectivity index (χ3n) is 3.79. The summed E-state index contributed by atoms with van der Waals surface area (Å²) in [5, 5.41) is 3.94. The van der Waals surface area contributed by atoms with Gasteiger partial charge < -0.3 is 5.32 Å². The Morgan fingerprint density at radius 1 is 1.37 bits per heavy atom. The minimum Gasteiger partial charge on any atom is -0.307 e. The molecule has 0 heterocycles. The number of hydrogen-bond acceptors (Lipinski definition) is 3. The van der Waals surface area contributed by atoms with E-state index in [9.17, 15) is 8.42 Å². The van der Waals surface area contributed by atoms with E-state index in [1.807, 2.05) is 0 Å². The summed E-state index contributed by atoms with van der Waals surface area (Å²) < 4.78 is 23.6. The van der Waals surface area contributed by atoms with Crippen LogP contribution in [0.5, 0.6) is 0 Å². The number of rotatable bonds is 5. The van der Waals surface area contributed by atoms with Gasteiger partial charge in [-0.1, -0.05) is 17.7 Å². The first-order valence-corrected chi connectivity index (χ1v) is 8.71. The Balaban J connectivity index is 2.24. The van der Waals surface area contributed by atoms with E-state index in [1.165, 1.54) is 19.1 Å². The Morgan fingerprint density at radius 2 is 2.00 bits per heavy atom. The van der Waals surface area contributed by atoms with Crippen LogP contribution in [0.1, 0.15) is 32.3 Å². The van der Waals surface area contributed by atoms with E-state index < -0.39 is 9.84 Å². The van der Waals surface area contributed by atoms with Crippen LogP contribution in [-0.2, 0) is 16.4 Å². The van der Waals surface area contributed by atoms with E-state index in [0.29, 0.717) is 27.9 Å². The van der Waals surface area contributed by atoms with Gasteiger partial charge in [0.05, 0.1) is 4.90 Å². The summed E-state index contributed by atoms with van der Waals surface area (Å²) in [6.45, 7) is 4.79. The Kier molecular flexibility index (Phi) is 3.96. The Hall–Kier alpha value is -0.580. The quantitative estimate of drug-likeness (QED) is 0.909. The maximum Gasteiger partial charge on any atom is 0.175 e. The molecule has 0 aromatic heterocycles. The lowest BCUT2D eigenvalue weighted by Crippen LogP contribution is -2.41. The van der Waals surface area contributed by atoms with Crippen LogP contribution in [0.3, 0.4) is 0 Å². The summed E-state index contributed by atoms with van der Waals surface area (Å²) in [5.74, 6) is 0.677. The Labute approximate surface area is 120 Å². The lowest BCUT2D eigenvalue weighted by atomic mass is 9.98. The third-order valence-corrected chi connectivity index (χ3v) is 5.33. The molecule has 19 heavy (non-hydrogen) atoms. The van der Waals surface area contributed by atoms with Crippen LogP contribution in [0.25, 0.3) is 0 Å². The smallest absolute Gasteiger partial charge is 0.175 e. The van der Waals surface area contributed by atoms with Gasteiger partial charge in [-0.05, 0) is 44.7 Å². The highest BCUT2D eigenvalue weighted by Gasteiger charge is 2.37. The third kappa shape index (κ3) is 3.50. The van der Waals surface area contributed by atoms with Crippen molar-refractivity contribution in [1.82, 2.24) is 5.32 Å². The number of nitrogens with one attached hydrogen (secondary N) is 1. The molecule has 1 N–H and O–H groups in total. The molecule has 1 aliphatic rings. The Bertz CT molecular complexity index is 577. The molecule has 0 saturated heterocycles. The normalized spacial score (nSPS) is 16.6. The largest absolute Gasteiger partial charge is 0.307 e. The lowest BCUT2D eigenvalue weighted by molar-refractivity contribution is 0.338. The van der Waals surface area contributed by atoms with Crippen LogP contribution in [-0.4, -0.2) is 20.2 Å². The van der Waals surface area contributed by atoms with Crippen molar-refractivity contribution in [2.24, 2.45) is 5.92 Å². The zero-order valence-electron chi connectivity index (χ0n) is 11.5. The van der Waals surface area contributed by atoms with E-state index in [0.717, 1.165) is 0 Å². The SMILES string of the molecule is CC(C)(NCc1c(Cl)cccc1S(C)(=O)=O)C1CC1. The lowest BCUT2D eigenvalue weighted by Gasteiger charge is -2.27. The van der Waals surface area contributed by atoms with Crippen molar-refractivity contribution in [3.05, 3.63) is 28.8 Å². The van der Waals surface area contributed by atoms with Crippen molar-refractivity contribution < 1.29 is 8.42 Å². The van der Waals surface area contributed by atoms with Gasteiger partial charge in [-0.2, -0.15) is 0 Å². The van der Waals surface area contributed by atoms with Gasteiger partial charge in [0, 0.05) is 28.9 Å². The molecule has 0 bridgehead atoms. The second kappa shape index (κ2) is 5.08. The fraction of sp³-hybridized carbons (Fsp3) is 0.571. The fourth-order valence-electron chi connectivity index (χ4n) is 2.32. The summed E-state index contributed by atoms with van der Waals surface area (Å²) >= 11 is 6.16. The van der Waals surface area contributed by atoms with Crippen LogP contribution in [0, 0.1) is 5.92 Å². The predicted octanol–water partition coefficient (Wildman–Crippen LogP) is 3.02. The van der Waals surface area contributed by atoms with Crippen molar-refractivity contribution in [3.8, 4) is 0 Å². The second-order valence-electron chi connectivity index (χ2n) is 5.84. The van der Waals surface area contributed by atoms with E-state index in [2.05, 4.69) is 19.2 Å². The van der Waals surface area contributed by atoms with Crippen molar-refractivity contribution in [2.75, 3.05) is 6.26 Å². The van der Waals surface area contributed by atoms with Gasteiger partial charge in [-0.25, -0.2) is 8.42 Å². The molecule has 1 aromatic carbocycles. The van der Waals surface area contributed by atoms with Gasteiger partial charge in [-0.3, -0.25) is 0 Å². The first-order valence-electron chi connectivity index (χ1n) is 6.44. The van der Waals surface area contributed by atoms with Gasteiger partial charge in [-0.15, -0.1) is 0 Å². The molecular formula is C14H20ClNO2S. The molecule has 1 fully saturated rings. The molecule has 0 atom stereocenters. The highest BCUT2D eigenvalue weighted by molar-refractivity contribution is 7.90. The number of benzene rings is 1. The van der Waals surface area contributed by atoms with Gasteiger partial charge in [0.2, 0.25) is 0 Å². The predicted molar refractivity (Wildman–Crippen MR) is 78.2 cm³/mol. The minimum absolute atomic E-state index is 0.0218. The zero-order valence-corrected chi connectivity index (χ0v) is 13.1. The topological polar surface area (TPSA) is 46.2 Å². The summed E-state index contributed by atoms with van der Waals surface area (Å²) in [6, 6.07) is 5.02. The fourth-order valence-corrected chi connectivity index (χ4v) is 3.58. The molecule has 3 nitrogen and oxygen atoms in total. The monoisotopic (exact) mass is 301 g/mol. The number of sulfone groups is 1. The molecule has 2 rings (SSSR count). The molecule has 0 unspecified atom stereocenters. The van der Waals surface area contributed by atoms with E-state index >= 15 is 0 Å².